The molecule has 2 heterocycles. The highest BCUT2D eigenvalue weighted by Gasteiger charge is 2.62. The minimum absolute atomic E-state index is 0.0689. The van der Waals surface area contributed by atoms with E-state index in [1.165, 1.54) is 5.57 Å². The standard InChI is InChI=1S/C32H43NO6/c1-16(2)27-25-12-22-19(5)32(37)24(20(6)38-30(36)28(32)34)11-8-17(3)23(22)13-31(25,7)14-26(27)39-29(35)21-10-9-18(4)33-15-21/h8-10,15-16,20,22-28,34,37H,5,11-14H2,1-4,6-7H3. The fourth-order valence-electron chi connectivity index (χ4n) is 8.52. The third kappa shape index (κ3) is 4.46. The van der Waals surface area contributed by atoms with Crippen molar-refractivity contribution in [2.24, 2.45) is 40.9 Å². The van der Waals surface area contributed by atoms with E-state index in [9.17, 15) is 19.8 Å². The zero-order chi connectivity index (χ0) is 28.4. The van der Waals surface area contributed by atoms with Gasteiger partial charge in [-0.15, -0.1) is 0 Å². The molecular formula is C32H43NO6. The summed E-state index contributed by atoms with van der Waals surface area (Å²) in [5.74, 6) is -0.976. The first-order valence-corrected chi connectivity index (χ1v) is 14.4. The number of aromatic nitrogens is 1. The quantitative estimate of drug-likeness (QED) is 0.421. The third-order valence-electron chi connectivity index (χ3n) is 10.6. The van der Waals surface area contributed by atoms with Gasteiger partial charge in [-0.1, -0.05) is 39.0 Å². The van der Waals surface area contributed by atoms with Gasteiger partial charge in [0.05, 0.1) is 5.56 Å². The van der Waals surface area contributed by atoms with Gasteiger partial charge in [-0.3, -0.25) is 4.98 Å². The molecular weight excluding hydrogens is 494 g/mol. The molecule has 1 aliphatic heterocycles. The summed E-state index contributed by atoms with van der Waals surface area (Å²) in [7, 11) is 0. The van der Waals surface area contributed by atoms with Crippen molar-refractivity contribution in [3.63, 3.8) is 0 Å². The van der Waals surface area contributed by atoms with Crippen LogP contribution in [0.15, 0.2) is 42.1 Å². The number of carbonyl (C=O) groups is 2. The molecule has 3 fully saturated rings. The van der Waals surface area contributed by atoms with Crippen LogP contribution in [0, 0.1) is 47.8 Å². The summed E-state index contributed by atoms with van der Waals surface area (Å²) in [6.07, 6.45) is 4.18. The summed E-state index contributed by atoms with van der Waals surface area (Å²) in [6, 6.07) is 3.58. The van der Waals surface area contributed by atoms with E-state index >= 15 is 0 Å². The molecule has 4 aliphatic rings. The highest BCUT2D eigenvalue weighted by molar-refractivity contribution is 5.89. The van der Waals surface area contributed by atoms with Crippen LogP contribution in [0.25, 0.3) is 0 Å². The molecule has 7 nitrogen and oxygen atoms in total. The van der Waals surface area contributed by atoms with Crippen LogP contribution in [0.4, 0.5) is 0 Å². The molecule has 0 spiro atoms. The van der Waals surface area contributed by atoms with Gasteiger partial charge in [0.25, 0.3) is 0 Å². The molecule has 0 amide bonds. The highest BCUT2D eigenvalue weighted by Crippen LogP contribution is 2.63. The first-order valence-electron chi connectivity index (χ1n) is 14.4. The van der Waals surface area contributed by atoms with Crippen molar-refractivity contribution < 1.29 is 29.3 Å². The van der Waals surface area contributed by atoms with E-state index in [4.69, 9.17) is 9.47 Å². The van der Waals surface area contributed by atoms with E-state index in [2.05, 4.69) is 45.3 Å². The lowest BCUT2D eigenvalue weighted by atomic mass is 9.53. The number of rotatable bonds is 3. The molecule has 1 aromatic rings. The number of allylic oxidation sites excluding steroid dienone is 2. The molecule has 7 heteroatoms. The Bertz CT molecular complexity index is 1190. The van der Waals surface area contributed by atoms with Crippen LogP contribution in [0.5, 0.6) is 0 Å². The number of nitrogens with zero attached hydrogens (tertiary/aromatic N) is 1. The van der Waals surface area contributed by atoms with Gasteiger partial charge in [-0.25, -0.2) is 9.59 Å². The van der Waals surface area contributed by atoms with Gasteiger partial charge in [0.15, 0.2) is 6.10 Å². The highest BCUT2D eigenvalue weighted by atomic mass is 16.6. The largest absolute Gasteiger partial charge is 0.460 e. The van der Waals surface area contributed by atoms with Gasteiger partial charge in [-0.2, -0.15) is 0 Å². The SMILES string of the molecule is C=C1C2CC3C(C(C)C)C(OC(=O)c4ccc(C)nc4)CC3(C)CC2C(C)=CCC2C(C)OC(=O)C(O)C12O. The van der Waals surface area contributed by atoms with E-state index < -0.39 is 29.7 Å². The summed E-state index contributed by atoms with van der Waals surface area (Å²) in [6.45, 7) is 16.9. The van der Waals surface area contributed by atoms with Gasteiger partial charge in [0.1, 0.15) is 17.8 Å². The van der Waals surface area contributed by atoms with E-state index in [1.807, 2.05) is 13.0 Å². The Labute approximate surface area is 231 Å². The Morgan fingerprint density at radius 3 is 2.56 bits per heavy atom. The van der Waals surface area contributed by atoms with Gasteiger partial charge in [-0.05, 0) is 93.2 Å². The molecule has 1 aromatic heterocycles. The summed E-state index contributed by atoms with van der Waals surface area (Å²) in [5.41, 5.74) is 1.26. The van der Waals surface area contributed by atoms with Crippen molar-refractivity contribution in [3.8, 4) is 0 Å². The van der Waals surface area contributed by atoms with Crippen LogP contribution in [-0.2, 0) is 14.3 Å². The Morgan fingerprint density at radius 1 is 1.21 bits per heavy atom. The van der Waals surface area contributed by atoms with Crippen LogP contribution >= 0.6 is 0 Å². The smallest absolute Gasteiger partial charge is 0.339 e. The number of aryl methyl sites for hydroxylation is 1. The Morgan fingerprint density at radius 2 is 1.92 bits per heavy atom. The molecule has 0 aromatic carbocycles. The molecule has 0 radical (unpaired) electrons. The van der Waals surface area contributed by atoms with Crippen LogP contribution in [0.1, 0.15) is 76.4 Å². The van der Waals surface area contributed by atoms with Crippen LogP contribution in [0.2, 0.25) is 0 Å². The Hall–Kier alpha value is -2.51. The van der Waals surface area contributed by atoms with E-state index in [-0.39, 0.29) is 47.1 Å². The zero-order valence-electron chi connectivity index (χ0n) is 24.0. The van der Waals surface area contributed by atoms with Gasteiger partial charge in [0.2, 0.25) is 0 Å². The van der Waals surface area contributed by atoms with Crippen LogP contribution in [0.3, 0.4) is 0 Å². The van der Waals surface area contributed by atoms with Gasteiger partial charge in [0, 0.05) is 23.7 Å². The maximum absolute atomic E-state index is 13.1. The number of hydrogen-bond donors (Lipinski definition) is 2. The summed E-state index contributed by atoms with van der Waals surface area (Å²) < 4.78 is 11.6. The van der Waals surface area contributed by atoms with Crippen molar-refractivity contribution in [1.29, 1.82) is 0 Å². The molecule has 1 saturated heterocycles. The number of pyridine rings is 1. The van der Waals surface area contributed by atoms with Crippen molar-refractivity contribution in [3.05, 3.63) is 53.4 Å². The molecule has 2 saturated carbocycles. The molecule has 10 atom stereocenters. The second-order valence-electron chi connectivity index (χ2n) is 13.3. The fourth-order valence-corrected chi connectivity index (χ4v) is 8.52. The molecule has 2 N–H and O–H groups in total. The Kier molecular flexibility index (Phi) is 7.08. The lowest BCUT2D eigenvalue weighted by Crippen LogP contribution is -2.63. The van der Waals surface area contributed by atoms with Gasteiger partial charge < -0.3 is 19.7 Å². The van der Waals surface area contributed by atoms with E-state index in [0.717, 1.165) is 25.0 Å². The van der Waals surface area contributed by atoms with Crippen molar-refractivity contribution in [1.82, 2.24) is 4.98 Å². The van der Waals surface area contributed by atoms with Crippen LogP contribution in [-0.4, -0.2) is 51.0 Å². The summed E-state index contributed by atoms with van der Waals surface area (Å²) >= 11 is 0. The number of aliphatic hydroxyl groups excluding tert-OH is 1. The average molecular weight is 538 g/mol. The number of hydrogen-bond acceptors (Lipinski definition) is 7. The first kappa shape index (κ1) is 28.0. The maximum atomic E-state index is 13.1. The monoisotopic (exact) mass is 537 g/mol. The lowest BCUT2D eigenvalue weighted by Gasteiger charge is -2.54. The predicted molar refractivity (Wildman–Crippen MR) is 146 cm³/mol. The maximum Gasteiger partial charge on any atom is 0.339 e. The van der Waals surface area contributed by atoms with Crippen molar-refractivity contribution in [2.75, 3.05) is 0 Å². The molecule has 3 aliphatic carbocycles. The molecule has 0 bridgehead atoms. The molecule has 212 valence electrons. The number of esters is 2. The second kappa shape index (κ2) is 9.84. The van der Waals surface area contributed by atoms with E-state index in [1.54, 1.807) is 19.2 Å². The van der Waals surface area contributed by atoms with Gasteiger partial charge >= 0.3 is 11.9 Å². The average Bonchev–Trinajstić information content (AvgIpc) is 3.16. The number of carbonyl (C=O) groups excluding carboxylic acids is 2. The third-order valence-corrected chi connectivity index (χ3v) is 10.6. The zero-order valence-corrected chi connectivity index (χ0v) is 24.0. The summed E-state index contributed by atoms with van der Waals surface area (Å²) in [5, 5.41) is 23.0. The lowest BCUT2D eigenvalue weighted by molar-refractivity contribution is -0.209. The number of aliphatic hydroxyl groups is 2. The topological polar surface area (TPSA) is 106 Å². The Balaban J connectivity index is 1.48. The normalized spacial score (nSPS) is 41.9. The number of cyclic esters (lactones) is 1. The first-order chi connectivity index (χ1) is 18.3. The fraction of sp³-hybridized carbons (Fsp3) is 0.656. The molecule has 39 heavy (non-hydrogen) atoms. The minimum atomic E-state index is -1.75. The predicted octanol–water partition coefficient (Wildman–Crippen LogP) is 4.80. The van der Waals surface area contributed by atoms with E-state index in [0.29, 0.717) is 17.6 Å². The number of ether oxygens (including phenoxy) is 2. The molecule has 5 rings (SSSR count). The molecule has 10 unspecified atom stereocenters. The van der Waals surface area contributed by atoms with Crippen LogP contribution < -0.4 is 0 Å². The van der Waals surface area contributed by atoms with Crippen molar-refractivity contribution in [2.45, 2.75) is 91.1 Å². The second-order valence-corrected chi connectivity index (χ2v) is 13.3. The summed E-state index contributed by atoms with van der Waals surface area (Å²) in [4.78, 5) is 30.0. The van der Waals surface area contributed by atoms with Crippen molar-refractivity contribution >= 4 is 11.9 Å². The minimum Gasteiger partial charge on any atom is -0.460 e. The number of fused-ring (bicyclic) bond motifs is 3.